The number of rotatable bonds is 9. The van der Waals surface area contributed by atoms with Gasteiger partial charge in [-0.1, -0.05) is 6.07 Å². The van der Waals surface area contributed by atoms with E-state index in [1.54, 1.807) is 24.1 Å². The number of alkyl halides is 2. The van der Waals surface area contributed by atoms with Gasteiger partial charge in [0.25, 0.3) is 6.43 Å². The van der Waals surface area contributed by atoms with Gasteiger partial charge in [-0.05, 0) is 42.3 Å². The number of aromatic carboxylic acids is 1. The van der Waals surface area contributed by atoms with Gasteiger partial charge in [-0.15, -0.1) is 0 Å². The number of piperazine rings is 1. The quantitative estimate of drug-likeness (QED) is 0.396. The molecule has 0 spiro atoms. The van der Waals surface area contributed by atoms with Crippen molar-refractivity contribution >= 4 is 22.6 Å². The average molecular weight is 515 g/mol. The van der Waals surface area contributed by atoms with Gasteiger partial charge in [0.2, 0.25) is 0 Å². The third-order valence-corrected chi connectivity index (χ3v) is 7.32. The number of nitrogens with zero attached hydrogens (tertiary/aromatic N) is 2. The summed E-state index contributed by atoms with van der Waals surface area (Å²) < 4.78 is 37.6. The molecule has 37 heavy (non-hydrogen) atoms. The first-order valence-electron chi connectivity index (χ1n) is 12.4. The third kappa shape index (κ3) is 5.27. The number of aromatic amines is 1. The molecule has 3 heterocycles. The molecule has 2 aliphatic heterocycles. The number of nitrogens with one attached hydrogen (secondary N) is 2. The van der Waals surface area contributed by atoms with Crippen molar-refractivity contribution in [2.24, 2.45) is 0 Å². The minimum absolute atomic E-state index is 0.0461. The van der Waals surface area contributed by atoms with Gasteiger partial charge in [0, 0.05) is 60.6 Å². The molecule has 0 radical (unpaired) electrons. The molecule has 198 valence electrons. The van der Waals surface area contributed by atoms with E-state index in [1.807, 2.05) is 31.3 Å². The molecule has 2 aromatic carbocycles. The maximum Gasteiger partial charge on any atom is 0.337 e. The molecule has 1 aromatic heterocycles. The summed E-state index contributed by atoms with van der Waals surface area (Å²) in [6.45, 7) is 4.84. The predicted molar refractivity (Wildman–Crippen MR) is 137 cm³/mol. The molecule has 0 aliphatic carbocycles. The standard InChI is InChI=1S/C27H32F2N4O4/c1-16-9-24(36-2)21(19-5-6-30-26(16)19)11-33-8-7-32(13-25(28)29)12-23(33)17-3-4-20(27(34)35)22(10-17)31-18-14-37-15-18/h3-6,9-10,18,23,25,30-31H,7-8,11-15H2,1-2H3,(H,34,35)/t23-/m1/s1. The lowest BCUT2D eigenvalue weighted by atomic mass is 9.97. The van der Waals surface area contributed by atoms with E-state index in [2.05, 4.69) is 15.2 Å². The van der Waals surface area contributed by atoms with Crippen LogP contribution in [0.25, 0.3) is 10.9 Å². The van der Waals surface area contributed by atoms with E-state index < -0.39 is 12.4 Å². The van der Waals surface area contributed by atoms with E-state index in [9.17, 15) is 18.7 Å². The van der Waals surface area contributed by atoms with E-state index in [0.29, 0.717) is 45.1 Å². The summed E-state index contributed by atoms with van der Waals surface area (Å²) in [5.41, 5.74) is 4.73. The molecule has 0 saturated carbocycles. The number of anilines is 1. The highest BCUT2D eigenvalue weighted by molar-refractivity contribution is 5.94. The van der Waals surface area contributed by atoms with Crippen LogP contribution in [0, 0.1) is 6.92 Å². The van der Waals surface area contributed by atoms with Crippen LogP contribution in [0.15, 0.2) is 36.5 Å². The Morgan fingerprint density at radius 1 is 1.27 bits per heavy atom. The highest BCUT2D eigenvalue weighted by atomic mass is 19.3. The lowest BCUT2D eigenvalue weighted by molar-refractivity contribution is 0.0209. The summed E-state index contributed by atoms with van der Waals surface area (Å²) >= 11 is 0. The summed E-state index contributed by atoms with van der Waals surface area (Å²) in [4.78, 5) is 19.2. The Morgan fingerprint density at radius 2 is 2.08 bits per heavy atom. The smallest absolute Gasteiger partial charge is 0.337 e. The number of benzene rings is 2. The molecule has 1 atom stereocenters. The Morgan fingerprint density at radius 3 is 2.76 bits per heavy atom. The summed E-state index contributed by atoms with van der Waals surface area (Å²) in [7, 11) is 1.65. The second-order valence-electron chi connectivity index (χ2n) is 9.77. The maximum atomic E-state index is 13.3. The van der Waals surface area contributed by atoms with E-state index >= 15 is 0 Å². The van der Waals surface area contributed by atoms with Crippen LogP contribution in [0.1, 0.15) is 33.1 Å². The van der Waals surface area contributed by atoms with Crippen LogP contribution >= 0.6 is 0 Å². The number of carbonyl (C=O) groups is 1. The van der Waals surface area contributed by atoms with Gasteiger partial charge in [-0.3, -0.25) is 9.80 Å². The van der Waals surface area contributed by atoms with Crippen molar-refractivity contribution in [3.8, 4) is 5.75 Å². The van der Waals surface area contributed by atoms with Crippen molar-refractivity contribution < 1.29 is 28.2 Å². The van der Waals surface area contributed by atoms with Gasteiger partial charge in [0.1, 0.15) is 5.75 Å². The Balaban J connectivity index is 1.51. The number of ether oxygens (including phenoxy) is 2. The highest BCUT2D eigenvalue weighted by Crippen LogP contribution is 2.36. The molecule has 2 aliphatic rings. The number of halogens is 2. The minimum atomic E-state index is -2.42. The predicted octanol–water partition coefficient (Wildman–Crippen LogP) is 4.12. The zero-order chi connectivity index (χ0) is 26.1. The fourth-order valence-electron chi connectivity index (χ4n) is 5.34. The van der Waals surface area contributed by atoms with Gasteiger partial charge >= 0.3 is 5.97 Å². The first-order chi connectivity index (χ1) is 17.8. The summed E-state index contributed by atoms with van der Waals surface area (Å²) in [6, 6.07) is 9.13. The van der Waals surface area contributed by atoms with Crippen LogP contribution in [0.5, 0.6) is 5.75 Å². The minimum Gasteiger partial charge on any atom is -0.496 e. The second-order valence-corrected chi connectivity index (χ2v) is 9.77. The van der Waals surface area contributed by atoms with Crippen LogP contribution in [0.2, 0.25) is 0 Å². The van der Waals surface area contributed by atoms with Crippen LogP contribution in [-0.4, -0.2) is 84.8 Å². The lowest BCUT2D eigenvalue weighted by Crippen LogP contribution is -2.49. The van der Waals surface area contributed by atoms with E-state index in [4.69, 9.17) is 9.47 Å². The molecular formula is C27H32F2N4O4. The number of carboxylic acid groups (broad SMARTS) is 1. The molecule has 3 aromatic rings. The number of methoxy groups -OCH3 is 1. The first kappa shape index (κ1) is 25.4. The number of carboxylic acids is 1. The van der Waals surface area contributed by atoms with Crippen molar-refractivity contribution in [1.82, 2.24) is 14.8 Å². The number of aromatic nitrogens is 1. The van der Waals surface area contributed by atoms with E-state index in [-0.39, 0.29) is 24.2 Å². The molecule has 0 amide bonds. The molecule has 2 saturated heterocycles. The van der Waals surface area contributed by atoms with Gasteiger partial charge in [-0.2, -0.15) is 0 Å². The first-order valence-corrected chi connectivity index (χ1v) is 12.4. The number of aryl methyl sites for hydroxylation is 1. The van der Waals surface area contributed by atoms with E-state index in [0.717, 1.165) is 33.3 Å². The van der Waals surface area contributed by atoms with Crippen LogP contribution in [0.4, 0.5) is 14.5 Å². The monoisotopic (exact) mass is 514 g/mol. The number of fused-ring (bicyclic) bond motifs is 1. The SMILES string of the molecule is COc1cc(C)c2[nH]ccc2c1CN1CCN(CC(F)F)C[C@@H]1c1ccc(C(=O)O)c(NC2COC2)c1. The van der Waals surface area contributed by atoms with Gasteiger partial charge in [0.05, 0.1) is 38.5 Å². The molecule has 2 fully saturated rings. The average Bonchev–Trinajstić information content (AvgIpc) is 3.34. The highest BCUT2D eigenvalue weighted by Gasteiger charge is 2.32. The van der Waals surface area contributed by atoms with Crippen molar-refractivity contribution in [2.45, 2.75) is 32.0 Å². The molecule has 10 heteroatoms. The second kappa shape index (κ2) is 10.6. The molecular weight excluding hydrogens is 482 g/mol. The Labute approximate surface area is 214 Å². The lowest BCUT2D eigenvalue weighted by Gasteiger charge is -2.42. The van der Waals surface area contributed by atoms with Crippen molar-refractivity contribution in [2.75, 3.05) is 51.8 Å². The maximum absolute atomic E-state index is 13.3. The largest absolute Gasteiger partial charge is 0.496 e. The summed E-state index contributed by atoms with van der Waals surface area (Å²) in [6.07, 6.45) is -0.514. The van der Waals surface area contributed by atoms with Crippen LogP contribution < -0.4 is 10.1 Å². The fraction of sp³-hybridized carbons (Fsp3) is 0.444. The van der Waals surface area contributed by atoms with Gasteiger partial charge < -0.3 is 24.9 Å². The third-order valence-electron chi connectivity index (χ3n) is 7.32. The zero-order valence-corrected chi connectivity index (χ0v) is 21.0. The normalized spacial score (nSPS) is 19.3. The van der Waals surface area contributed by atoms with E-state index in [1.165, 1.54) is 0 Å². The van der Waals surface area contributed by atoms with Gasteiger partial charge in [0.15, 0.2) is 0 Å². The fourth-order valence-corrected chi connectivity index (χ4v) is 5.34. The molecule has 8 nitrogen and oxygen atoms in total. The molecule has 0 unspecified atom stereocenters. The summed E-state index contributed by atoms with van der Waals surface area (Å²) in [5, 5.41) is 14.1. The molecule has 3 N–H and O–H groups in total. The van der Waals surface area contributed by atoms with Crippen LogP contribution in [0.3, 0.4) is 0 Å². The number of hydrogen-bond acceptors (Lipinski definition) is 6. The Bertz CT molecular complexity index is 1280. The topological polar surface area (TPSA) is 90.1 Å². The Hall–Kier alpha value is -3.21. The van der Waals surface area contributed by atoms with Crippen molar-refractivity contribution in [3.05, 3.63) is 58.8 Å². The van der Waals surface area contributed by atoms with Crippen LogP contribution in [-0.2, 0) is 11.3 Å². The number of hydrogen-bond donors (Lipinski definition) is 3. The summed E-state index contributed by atoms with van der Waals surface area (Å²) in [5.74, 6) is -0.236. The number of H-pyrrole nitrogens is 1. The Kier molecular flexibility index (Phi) is 7.32. The van der Waals surface area contributed by atoms with Gasteiger partial charge in [-0.25, -0.2) is 13.6 Å². The zero-order valence-electron chi connectivity index (χ0n) is 21.0. The molecule has 5 rings (SSSR count). The van der Waals surface area contributed by atoms with Crippen molar-refractivity contribution in [1.29, 1.82) is 0 Å². The van der Waals surface area contributed by atoms with Crippen molar-refractivity contribution in [3.63, 3.8) is 0 Å². The molecule has 0 bridgehead atoms.